The molecule has 0 aliphatic carbocycles. The molecule has 2 aromatic carbocycles. The molecule has 0 bridgehead atoms. The Balaban J connectivity index is 1.42. The number of halogens is 1. The zero-order valence-corrected chi connectivity index (χ0v) is 16.9. The normalized spacial score (nSPS) is 15.3. The Morgan fingerprint density at radius 1 is 1.11 bits per heavy atom. The predicted octanol–water partition coefficient (Wildman–Crippen LogP) is 2.73. The van der Waals surface area contributed by atoms with Crippen molar-refractivity contribution < 1.29 is 4.90 Å². The SMILES string of the molecule is Cc1ccc(Cl)cc1N1CC[NH+](Cn2ncn(-c3ccccc3)c2=S)CC1. The summed E-state index contributed by atoms with van der Waals surface area (Å²) in [6.07, 6.45) is 1.81. The van der Waals surface area contributed by atoms with Crippen molar-refractivity contribution in [1.29, 1.82) is 0 Å². The first-order chi connectivity index (χ1) is 13.1. The average Bonchev–Trinajstić information content (AvgIpc) is 3.05. The molecule has 0 unspecified atom stereocenters. The van der Waals surface area contributed by atoms with Gasteiger partial charge in [-0.05, 0) is 49.0 Å². The Bertz CT molecular complexity index is 974. The number of nitrogens with one attached hydrogen (secondary N) is 1. The van der Waals surface area contributed by atoms with Crippen LogP contribution in [-0.4, -0.2) is 40.5 Å². The number of nitrogens with zero attached hydrogens (tertiary/aromatic N) is 4. The van der Waals surface area contributed by atoms with E-state index < -0.39 is 0 Å². The minimum absolute atomic E-state index is 0.738. The summed E-state index contributed by atoms with van der Waals surface area (Å²) in [7, 11) is 0. The van der Waals surface area contributed by atoms with Gasteiger partial charge in [-0.2, -0.15) is 9.78 Å². The lowest BCUT2D eigenvalue weighted by Crippen LogP contribution is -3.14. The van der Waals surface area contributed by atoms with Gasteiger partial charge in [0.15, 0.2) is 6.67 Å². The summed E-state index contributed by atoms with van der Waals surface area (Å²) in [4.78, 5) is 3.91. The molecule has 1 saturated heterocycles. The second-order valence-electron chi connectivity index (χ2n) is 6.94. The molecule has 2 heterocycles. The van der Waals surface area contributed by atoms with Crippen molar-refractivity contribution in [1.82, 2.24) is 14.3 Å². The Hall–Kier alpha value is -2.15. The molecule has 140 valence electrons. The number of quaternary nitrogens is 1. The van der Waals surface area contributed by atoms with Gasteiger partial charge >= 0.3 is 0 Å². The number of rotatable bonds is 4. The van der Waals surface area contributed by atoms with Crippen LogP contribution in [0.2, 0.25) is 5.02 Å². The van der Waals surface area contributed by atoms with E-state index in [1.807, 2.05) is 52.0 Å². The van der Waals surface area contributed by atoms with Crippen LogP contribution in [0.3, 0.4) is 0 Å². The number of anilines is 1. The van der Waals surface area contributed by atoms with Gasteiger partial charge in [-0.25, -0.2) is 0 Å². The number of aryl methyl sites for hydroxylation is 1. The third-order valence-corrected chi connectivity index (χ3v) is 5.77. The molecular formula is C20H23ClN5S+. The minimum Gasteiger partial charge on any atom is -0.360 e. The van der Waals surface area contributed by atoms with E-state index >= 15 is 0 Å². The van der Waals surface area contributed by atoms with E-state index in [4.69, 9.17) is 23.8 Å². The maximum Gasteiger partial charge on any atom is 0.207 e. The number of piperazine rings is 1. The smallest absolute Gasteiger partial charge is 0.207 e. The number of benzene rings is 2. The molecule has 4 rings (SSSR count). The highest BCUT2D eigenvalue weighted by molar-refractivity contribution is 7.71. The third kappa shape index (κ3) is 3.93. The van der Waals surface area contributed by atoms with Crippen LogP contribution in [0.4, 0.5) is 5.69 Å². The van der Waals surface area contributed by atoms with Crippen LogP contribution in [0.1, 0.15) is 5.56 Å². The van der Waals surface area contributed by atoms with Crippen molar-refractivity contribution in [3.05, 3.63) is 70.2 Å². The Morgan fingerprint density at radius 2 is 1.85 bits per heavy atom. The van der Waals surface area contributed by atoms with Crippen molar-refractivity contribution in [3.63, 3.8) is 0 Å². The molecule has 1 N–H and O–H groups in total. The van der Waals surface area contributed by atoms with E-state index in [0.29, 0.717) is 0 Å². The molecule has 27 heavy (non-hydrogen) atoms. The van der Waals surface area contributed by atoms with Gasteiger partial charge in [0.05, 0.1) is 26.2 Å². The molecule has 3 aromatic rings. The van der Waals surface area contributed by atoms with Crippen molar-refractivity contribution in [2.45, 2.75) is 13.6 Å². The molecular weight excluding hydrogens is 378 g/mol. The molecule has 5 nitrogen and oxygen atoms in total. The van der Waals surface area contributed by atoms with E-state index in [9.17, 15) is 0 Å². The Labute approximate surface area is 169 Å². The highest BCUT2D eigenvalue weighted by Crippen LogP contribution is 2.24. The van der Waals surface area contributed by atoms with E-state index in [1.165, 1.54) is 16.2 Å². The molecule has 1 aromatic heterocycles. The summed E-state index contributed by atoms with van der Waals surface area (Å²) in [5.41, 5.74) is 3.56. The molecule has 0 amide bonds. The lowest BCUT2D eigenvalue weighted by molar-refractivity contribution is -0.924. The van der Waals surface area contributed by atoms with Gasteiger partial charge in [-0.3, -0.25) is 4.57 Å². The van der Waals surface area contributed by atoms with Crippen molar-refractivity contribution in [3.8, 4) is 5.69 Å². The van der Waals surface area contributed by atoms with Gasteiger partial charge in [0.2, 0.25) is 4.77 Å². The fourth-order valence-electron chi connectivity index (χ4n) is 3.57. The van der Waals surface area contributed by atoms with Crippen LogP contribution >= 0.6 is 23.8 Å². The standard InChI is InChI=1S/C20H22ClN5S/c1-16-7-8-17(21)13-19(16)24-11-9-23(10-12-24)15-26-20(27)25(14-22-26)18-5-3-2-4-6-18/h2-8,13-14H,9-12,15H2,1H3/p+1. The second kappa shape index (κ2) is 7.84. The Kier molecular flexibility index (Phi) is 5.29. The Morgan fingerprint density at radius 3 is 2.59 bits per heavy atom. The molecule has 0 spiro atoms. The molecule has 0 atom stereocenters. The lowest BCUT2D eigenvalue weighted by atomic mass is 10.1. The predicted molar refractivity (Wildman–Crippen MR) is 111 cm³/mol. The van der Waals surface area contributed by atoms with Crippen LogP contribution in [0.15, 0.2) is 54.9 Å². The number of aromatic nitrogens is 3. The largest absolute Gasteiger partial charge is 0.360 e. The summed E-state index contributed by atoms with van der Waals surface area (Å²) in [6.45, 7) is 7.03. The fraction of sp³-hybridized carbons (Fsp3) is 0.300. The van der Waals surface area contributed by atoms with Crippen molar-refractivity contribution >= 4 is 29.5 Å². The van der Waals surface area contributed by atoms with Crippen LogP contribution < -0.4 is 9.80 Å². The summed E-state index contributed by atoms with van der Waals surface area (Å²) >= 11 is 11.8. The summed E-state index contributed by atoms with van der Waals surface area (Å²) < 4.78 is 4.63. The van der Waals surface area contributed by atoms with Gasteiger partial charge in [-0.1, -0.05) is 35.9 Å². The highest BCUT2D eigenvalue weighted by atomic mass is 35.5. The average molecular weight is 401 g/mol. The van der Waals surface area contributed by atoms with Gasteiger partial charge in [-0.15, -0.1) is 0 Å². The van der Waals surface area contributed by atoms with Gasteiger partial charge in [0, 0.05) is 16.4 Å². The molecule has 1 aliphatic heterocycles. The van der Waals surface area contributed by atoms with E-state index in [2.05, 4.69) is 29.1 Å². The van der Waals surface area contributed by atoms with Gasteiger partial charge < -0.3 is 9.80 Å². The fourth-order valence-corrected chi connectivity index (χ4v) is 4.00. The second-order valence-corrected chi connectivity index (χ2v) is 7.75. The molecule has 1 fully saturated rings. The first-order valence-electron chi connectivity index (χ1n) is 9.16. The van der Waals surface area contributed by atoms with E-state index in [0.717, 1.165) is 48.3 Å². The zero-order chi connectivity index (χ0) is 18.8. The third-order valence-electron chi connectivity index (χ3n) is 5.12. The monoisotopic (exact) mass is 400 g/mol. The first kappa shape index (κ1) is 18.2. The molecule has 0 saturated carbocycles. The number of para-hydroxylation sites is 1. The van der Waals surface area contributed by atoms with Gasteiger partial charge in [0.1, 0.15) is 6.33 Å². The lowest BCUT2D eigenvalue weighted by Gasteiger charge is -2.34. The summed E-state index contributed by atoms with van der Waals surface area (Å²) in [5, 5.41) is 5.31. The van der Waals surface area contributed by atoms with Crippen LogP contribution in [-0.2, 0) is 6.67 Å². The first-order valence-corrected chi connectivity index (χ1v) is 9.95. The van der Waals surface area contributed by atoms with Crippen molar-refractivity contribution in [2.75, 3.05) is 31.1 Å². The van der Waals surface area contributed by atoms with Crippen LogP contribution in [0, 0.1) is 11.7 Å². The zero-order valence-electron chi connectivity index (χ0n) is 15.3. The highest BCUT2D eigenvalue weighted by Gasteiger charge is 2.22. The minimum atomic E-state index is 0.738. The van der Waals surface area contributed by atoms with E-state index in [1.54, 1.807) is 0 Å². The van der Waals surface area contributed by atoms with E-state index in [-0.39, 0.29) is 0 Å². The maximum absolute atomic E-state index is 6.18. The number of hydrogen-bond donors (Lipinski definition) is 1. The molecule has 7 heteroatoms. The van der Waals surface area contributed by atoms with Crippen LogP contribution in [0.25, 0.3) is 5.69 Å². The maximum atomic E-state index is 6.18. The quantitative estimate of drug-likeness (QED) is 0.683. The van der Waals surface area contributed by atoms with Gasteiger partial charge in [0.25, 0.3) is 0 Å². The summed E-state index contributed by atoms with van der Waals surface area (Å²) in [5.74, 6) is 0. The van der Waals surface area contributed by atoms with Crippen LogP contribution in [0.5, 0.6) is 0 Å². The molecule has 1 aliphatic rings. The summed E-state index contributed by atoms with van der Waals surface area (Å²) in [6, 6.07) is 16.2. The number of hydrogen-bond acceptors (Lipinski definition) is 3. The molecule has 0 radical (unpaired) electrons. The van der Waals surface area contributed by atoms with Crippen molar-refractivity contribution in [2.24, 2.45) is 0 Å². The topological polar surface area (TPSA) is 30.4 Å².